The van der Waals surface area contributed by atoms with Crippen LogP contribution in [-0.2, 0) is 6.42 Å². The second-order valence-electron chi connectivity index (χ2n) is 6.43. The van der Waals surface area contributed by atoms with Gasteiger partial charge in [-0.1, -0.05) is 39.7 Å². The average Bonchev–Trinajstić information content (AvgIpc) is 2.54. The standard InChI is InChI=1S/C19H33N3/c1-4-7-8-19-18-10-9-17(20)15-16(18)11-12-22(19)14-13-21(5-2)6-3/h9-10,15,19H,4-8,11-14,20H2,1-3H3. The van der Waals surface area contributed by atoms with Crippen LogP contribution in [0, 0.1) is 0 Å². The molecule has 22 heavy (non-hydrogen) atoms. The fraction of sp³-hybridized carbons (Fsp3) is 0.684. The van der Waals surface area contributed by atoms with Crippen LogP contribution >= 0.6 is 0 Å². The van der Waals surface area contributed by atoms with Crippen molar-refractivity contribution >= 4 is 5.69 Å². The smallest absolute Gasteiger partial charge is 0.0351 e. The molecule has 0 amide bonds. The van der Waals surface area contributed by atoms with E-state index in [1.807, 2.05) is 0 Å². The molecule has 3 heteroatoms. The number of rotatable bonds is 8. The number of unbranched alkanes of at least 4 members (excludes halogenated alkanes) is 1. The highest BCUT2D eigenvalue weighted by atomic mass is 15.2. The Morgan fingerprint density at radius 3 is 2.68 bits per heavy atom. The zero-order valence-electron chi connectivity index (χ0n) is 14.6. The third-order valence-corrected chi connectivity index (χ3v) is 5.06. The maximum Gasteiger partial charge on any atom is 0.0351 e. The van der Waals surface area contributed by atoms with Crippen molar-refractivity contribution in [2.75, 3.05) is 38.5 Å². The molecule has 1 aromatic rings. The molecular formula is C19H33N3. The summed E-state index contributed by atoms with van der Waals surface area (Å²) in [6, 6.07) is 7.12. The lowest BCUT2D eigenvalue weighted by Crippen LogP contribution is -2.41. The first-order chi connectivity index (χ1) is 10.7. The van der Waals surface area contributed by atoms with Gasteiger partial charge in [-0.05, 0) is 49.2 Å². The maximum absolute atomic E-state index is 5.98. The lowest BCUT2D eigenvalue weighted by molar-refractivity contribution is 0.147. The van der Waals surface area contributed by atoms with E-state index < -0.39 is 0 Å². The van der Waals surface area contributed by atoms with Gasteiger partial charge in [0.1, 0.15) is 0 Å². The summed E-state index contributed by atoms with van der Waals surface area (Å²) in [6.07, 6.45) is 4.98. The monoisotopic (exact) mass is 303 g/mol. The van der Waals surface area contributed by atoms with Gasteiger partial charge in [0.05, 0.1) is 0 Å². The van der Waals surface area contributed by atoms with Crippen LogP contribution in [0.4, 0.5) is 5.69 Å². The van der Waals surface area contributed by atoms with Crippen LogP contribution in [0.5, 0.6) is 0 Å². The van der Waals surface area contributed by atoms with Crippen LogP contribution in [0.25, 0.3) is 0 Å². The Kier molecular flexibility index (Phi) is 6.71. The van der Waals surface area contributed by atoms with E-state index in [0.717, 1.165) is 25.2 Å². The summed E-state index contributed by atoms with van der Waals surface area (Å²) in [5, 5.41) is 0. The molecule has 3 nitrogen and oxygen atoms in total. The van der Waals surface area contributed by atoms with Crippen molar-refractivity contribution in [1.29, 1.82) is 0 Å². The molecule has 0 radical (unpaired) electrons. The zero-order valence-corrected chi connectivity index (χ0v) is 14.6. The highest BCUT2D eigenvalue weighted by molar-refractivity contribution is 5.46. The second-order valence-corrected chi connectivity index (χ2v) is 6.43. The predicted molar refractivity (Wildman–Crippen MR) is 96.2 cm³/mol. The Morgan fingerprint density at radius 2 is 2.00 bits per heavy atom. The average molecular weight is 303 g/mol. The summed E-state index contributed by atoms with van der Waals surface area (Å²) < 4.78 is 0. The van der Waals surface area contributed by atoms with Gasteiger partial charge in [0.2, 0.25) is 0 Å². The summed E-state index contributed by atoms with van der Waals surface area (Å²) in [4.78, 5) is 5.22. The van der Waals surface area contributed by atoms with Crippen LogP contribution in [0.3, 0.4) is 0 Å². The molecule has 1 aliphatic rings. The summed E-state index contributed by atoms with van der Waals surface area (Å²) in [5.74, 6) is 0. The van der Waals surface area contributed by atoms with Crippen molar-refractivity contribution in [3.05, 3.63) is 29.3 Å². The lowest BCUT2D eigenvalue weighted by Gasteiger charge is -2.38. The van der Waals surface area contributed by atoms with E-state index in [1.54, 1.807) is 0 Å². The number of fused-ring (bicyclic) bond motifs is 1. The first-order valence-corrected chi connectivity index (χ1v) is 9.04. The first-order valence-electron chi connectivity index (χ1n) is 9.04. The molecule has 1 aliphatic heterocycles. The number of anilines is 1. The molecule has 1 aromatic carbocycles. The second kappa shape index (κ2) is 8.54. The van der Waals surface area contributed by atoms with Gasteiger partial charge in [0, 0.05) is 31.4 Å². The number of nitrogen functional groups attached to an aromatic ring is 1. The van der Waals surface area contributed by atoms with Crippen LogP contribution in [0.2, 0.25) is 0 Å². The highest BCUT2D eigenvalue weighted by Gasteiger charge is 2.26. The molecule has 0 aliphatic carbocycles. The van der Waals surface area contributed by atoms with Gasteiger partial charge in [-0.15, -0.1) is 0 Å². The minimum atomic E-state index is 0.583. The molecule has 124 valence electrons. The molecular weight excluding hydrogens is 270 g/mol. The summed E-state index contributed by atoms with van der Waals surface area (Å²) >= 11 is 0. The predicted octanol–water partition coefficient (Wildman–Crippen LogP) is 3.70. The van der Waals surface area contributed by atoms with Crippen molar-refractivity contribution in [2.24, 2.45) is 0 Å². The number of hydrogen-bond acceptors (Lipinski definition) is 3. The Balaban J connectivity index is 2.10. The quantitative estimate of drug-likeness (QED) is 0.743. The molecule has 0 bridgehead atoms. The molecule has 1 unspecified atom stereocenters. The number of benzene rings is 1. The van der Waals surface area contributed by atoms with E-state index in [1.165, 1.54) is 50.0 Å². The van der Waals surface area contributed by atoms with Crippen molar-refractivity contribution in [1.82, 2.24) is 9.80 Å². The number of nitrogens with zero attached hydrogens (tertiary/aromatic N) is 2. The molecule has 0 spiro atoms. The van der Waals surface area contributed by atoms with E-state index >= 15 is 0 Å². The minimum absolute atomic E-state index is 0.583. The van der Waals surface area contributed by atoms with E-state index in [0.29, 0.717) is 6.04 Å². The zero-order chi connectivity index (χ0) is 15.9. The first kappa shape index (κ1) is 17.3. The lowest BCUT2D eigenvalue weighted by atomic mass is 9.89. The number of nitrogens with two attached hydrogens (primary N) is 1. The van der Waals surface area contributed by atoms with Gasteiger partial charge in [-0.3, -0.25) is 4.90 Å². The number of likely N-dealkylation sites (N-methyl/N-ethyl adjacent to an activating group) is 1. The summed E-state index contributed by atoms with van der Waals surface area (Å²) in [5.41, 5.74) is 9.88. The Morgan fingerprint density at radius 1 is 1.23 bits per heavy atom. The summed E-state index contributed by atoms with van der Waals surface area (Å²) in [6.45, 7) is 12.6. The van der Waals surface area contributed by atoms with E-state index in [2.05, 4.69) is 48.8 Å². The minimum Gasteiger partial charge on any atom is -0.399 e. The van der Waals surface area contributed by atoms with Gasteiger partial charge in [-0.25, -0.2) is 0 Å². The Bertz CT molecular complexity index is 454. The summed E-state index contributed by atoms with van der Waals surface area (Å²) in [7, 11) is 0. The highest BCUT2D eigenvalue weighted by Crippen LogP contribution is 2.34. The Labute approximate surface area is 136 Å². The number of hydrogen-bond donors (Lipinski definition) is 1. The van der Waals surface area contributed by atoms with Crippen molar-refractivity contribution < 1.29 is 0 Å². The van der Waals surface area contributed by atoms with Crippen LogP contribution in [0.1, 0.15) is 57.2 Å². The fourth-order valence-electron chi connectivity index (χ4n) is 3.60. The van der Waals surface area contributed by atoms with Gasteiger partial charge in [0.15, 0.2) is 0 Å². The maximum atomic E-state index is 5.98. The molecule has 2 N–H and O–H groups in total. The van der Waals surface area contributed by atoms with E-state index in [-0.39, 0.29) is 0 Å². The van der Waals surface area contributed by atoms with E-state index in [9.17, 15) is 0 Å². The molecule has 0 aromatic heterocycles. The van der Waals surface area contributed by atoms with Gasteiger partial charge < -0.3 is 10.6 Å². The third-order valence-electron chi connectivity index (χ3n) is 5.06. The molecule has 1 atom stereocenters. The van der Waals surface area contributed by atoms with Gasteiger partial charge in [0.25, 0.3) is 0 Å². The molecule has 0 fully saturated rings. The molecule has 0 saturated heterocycles. The van der Waals surface area contributed by atoms with Crippen molar-refractivity contribution in [2.45, 2.75) is 52.5 Å². The molecule has 1 heterocycles. The molecule has 0 saturated carbocycles. The van der Waals surface area contributed by atoms with Crippen LogP contribution in [-0.4, -0.2) is 42.5 Å². The normalized spacial score (nSPS) is 18.6. The third kappa shape index (κ3) is 4.23. The SMILES string of the molecule is CCCCC1c2ccc(N)cc2CCN1CCN(CC)CC. The largest absolute Gasteiger partial charge is 0.399 e. The fourth-order valence-corrected chi connectivity index (χ4v) is 3.60. The molecule has 2 rings (SSSR count). The van der Waals surface area contributed by atoms with Crippen LogP contribution < -0.4 is 5.73 Å². The van der Waals surface area contributed by atoms with E-state index in [4.69, 9.17) is 5.73 Å². The van der Waals surface area contributed by atoms with Gasteiger partial charge >= 0.3 is 0 Å². The van der Waals surface area contributed by atoms with Gasteiger partial charge in [-0.2, -0.15) is 0 Å². The van der Waals surface area contributed by atoms with Crippen molar-refractivity contribution in [3.63, 3.8) is 0 Å². The topological polar surface area (TPSA) is 32.5 Å². The van der Waals surface area contributed by atoms with Crippen LogP contribution in [0.15, 0.2) is 18.2 Å². The van der Waals surface area contributed by atoms with Crippen molar-refractivity contribution in [3.8, 4) is 0 Å². The Hall–Kier alpha value is -1.06.